The number of hydrogen-bond donors (Lipinski definition) is 2. The van der Waals surface area contributed by atoms with E-state index in [1.807, 2.05) is 24.5 Å². The predicted molar refractivity (Wildman–Crippen MR) is 70.9 cm³/mol. The van der Waals surface area contributed by atoms with Crippen molar-refractivity contribution in [2.24, 2.45) is 11.7 Å². The molecule has 94 valence electrons. The molecule has 0 amide bonds. The number of aromatic nitrogens is 1. The summed E-state index contributed by atoms with van der Waals surface area (Å²) in [5.74, 6) is 0.789. The van der Waals surface area contributed by atoms with E-state index in [0.717, 1.165) is 25.6 Å². The Balaban J connectivity index is 1.68. The van der Waals surface area contributed by atoms with Gasteiger partial charge in [0.05, 0.1) is 0 Å². The van der Waals surface area contributed by atoms with Crippen molar-refractivity contribution in [3.63, 3.8) is 0 Å². The van der Waals surface area contributed by atoms with Crippen molar-refractivity contribution in [3.05, 3.63) is 24.5 Å². The van der Waals surface area contributed by atoms with Gasteiger partial charge in [-0.15, -0.1) is 0 Å². The molecule has 0 bridgehead atoms. The zero-order valence-electron chi connectivity index (χ0n) is 10.3. The first kappa shape index (κ1) is 12.3. The van der Waals surface area contributed by atoms with Crippen molar-refractivity contribution in [1.29, 1.82) is 0 Å². The molecule has 0 saturated carbocycles. The first-order valence-corrected chi connectivity index (χ1v) is 6.45. The van der Waals surface area contributed by atoms with E-state index < -0.39 is 0 Å². The number of hydrogen-bond acceptors (Lipinski definition) is 4. The summed E-state index contributed by atoms with van der Waals surface area (Å²) in [5, 5.41) is 3.48. The van der Waals surface area contributed by atoms with Crippen molar-refractivity contribution in [2.75, 3.05) is 38.0 Å². The summed E-state index contributed by atoms with van der Waals surface area (Å²) in [6.07, 6.45) is 6.20. The Kier molecular flexibility index (Phi) is 4.76. The van der Waals surface area contributed by atoms with Gasteiger partial charge in [-0.05, 0) is 44.0 Å². The lowest BCUT2D eigenvalue weighted by atomic mass is 9.97. The van der Waals surface area contributed by atoms with Crippen molar-refractivity contribution in [1.82, 2.24) is 9.88 Å². The number of anilines is 1. The predicted octanol–water partition coefficient (Wildman–Crippen LogP) is 1.16. The molecule has 1 fully saturated rings. The Bertz CT molecular complexity index is 306. The average Bonchev–Trinajstić information content (AvgIpc) is 2.40. The highest BCUT2D eigenvalue weighted by Crippen LogP contribution is 2.17. The smallest absolute Gasteiger partial charge is 0.0371 e. The SMILES string of the molecule is NCCN1CCC(CNc2ccncc2)CC1. The normalized spacial score (nSPS) is 18.2. The molecule has 0 radical (unpaired) electrons. The topological polar surface area (TPSA) is 54.2 Å². The minimum Gasteiger partial charge on any atom is -0.385 e. The van der Waals surface area contributed by atoms with Crippen molar-refractivity contribution in [2.45, 2.75) is 12.8 Å². The highest BCUT2D eigenvalue weighted by Gasteiger charge is 2.18. The van der Waals surface area contributed by atoms with Gasteiger partial charge in [-0.2, -0.15) is 0 Å². The van der Waals surface area contributed by atoms with Gasteiger partial charge in [0.2, 0.25) is 0 Å². The van der Waals surface area contributed by atoms with Crippen LogP contribution in [0.15, 0.2) is 24.5 Å². The molecule has 1 aromatic rings. The van der Waals surface area contributed by atoms with Gasteiger partial charge in [-0.25, -0.2) is 0 Å². The standard InChI is InChI=1S/C13H22N4/c14-5-10-17-8-3-12(4-9-17)11-16-13-1-6-15-7-2-13/h1-2,6-7,12H,3-5,8-11,14H2,(H,15,16). The van der Waals surface area contributed by atoms with Crippen molar-refractivity contribution >= 4 is 5.69 Å². The molecule has 0 aromatic carbocycles. The molecule has 4 heteroatoms. The van der Waals surface area contributed by atoms with E-state index in [1.165, 1.54) is 31.6 Å². The third-order valence-corrected chi connectivity index (χ3v) is 3.43. The summed E-state index contributed by atoms with van der Waals surface area (Å²) in [4.78, 5) is 6.47. The maximum absolute atomic E-state index is 5.57. The largest absolute Gasteiger partial charge is 0.385 e. The van der Waals surface area contributed by atoms with Crippen LogP contribution in [-0.2, 0) is 0 Å². The number of pyridine rings is 1. The molecule has 17 heavy (non-hydrogen) atoms. The highest BCUT2D eigenvalue weighted by atomic mass is 15.1. The molecule has 2 rings (SSSR count). The van der Waals surface area contributed by atoms with Crippen molar-refractivity contribution < 1.29 is 0 Å². The molecule has 1 aliphatic rings. The fraction of sp³-hybridized carbons (Fsp3) is 0.615. The quantitative estimate of drug-likeness (QED) is 0.803. The summed E-state index contributed by atoms with van der Waals surface area (Å²) < 4.78 is 0. The fourth-order valence-electron chi connectivity index (χ4n) is 2.33. The van der Waals surface area contributed by atoms with Gasteiger partial charge >= 0.3 is 0 Å². The summed E-state index contributed by atoms with van der Waals surface area (Å²) in [6, 6.07) is 4.03. The van der Waals surface area contributed by atoms with Crippen LogP contribution in [0.25, 0.3) is 0 Å². The lowest BCUT2D eigenvalue weighted by Crippen LogP contribution is -2.38. The highest BCUT2D eigenvalue weighted by molar-refractivity contribution is 5.40. The maximum Gasteiger partial charge on any atom is 0.0371 e. The zero-order chi connectivity index (χ0) is 11.9. The summed E-state index contributed by atoms with van der Waals surface area (Å²) in [6.45, 7) is 5.28. The molecule has 1 saturated heterocycles. The molecule has 0 spiro atoms. The van der Waals surface area contributed by atoms with E-state index in [9.17, 15) is 0 Å². The van der Waals surface area contributed by atoms with Crippen LogP contribution in [0.2, 0.25) is 0 Å². The Morgan fingerprint density at radius 2 is 2.00 bits per heavy atom. The Morgan fingerprint density at radius 3 is 2.65 bits per heavy atom. The molecule has 2 heterocycles. The summed E-state index contributed by atoms with van der Waals surface area (Å²) >= 11 is 0. The van der Waals surface area contributed by atoms with E-state index in [1.54, 1.807) is 0 Å². The van der Waals surface area contributed by atoms with Crippen LogP contribution in [0.3, 0.4) is 0 Å². The van der Waals surface area contributed by atoms with Gasteiger partial charge in [0.1, 0.15) is 0 Å². The van der Waals surface area contributed by atoms with E-state index in [0.29, 0.717) is 0 Å². The molecule has 0 aliphatic carbocycles. The van der Waals surface area contributed by atoms with E-state index in [2.05, 4.69) is 15.2 Å². The Hall–Kier alpha value is -1.13. The van der Waals surface area contributed by atoms with E-state index >= 15 is 0 Å². The van der Waals surface area contributed by atoms with Crippen LogP contribution < -0.4 is 11.1 Å². The van der Waals surface area contributed by atoms with Gasteiger partial charge in [-0.1, -0.05) is 0 Å². The van der Waals surface area contributed by atoms with Crippen LogP contribution in [0.1, 0.15) is 12.8 Å². The lowest BCUT2D eigenvalue weighted by Gasteiger charge is -2.31. The first-order valence-electron chi connectivity index (χ1n) is 6.45. The second-order valence-electron chi connectivity index (χ2n) is 4.69. The summed E-state index contributed by atoms with van der Waals surface area (Å²) in [5.41, 5.74) is 6.74. The Morgan fingerprint density at radius 1 is 1.29 bits per heavy atom. The van der Waals surface area contributed by atoms with Crippen LogP contribution >= 0.6 is 0 Å². The first-order chi connectivity index (χ1) is 8.38. The van der Waals surface area contributed by atoms with Gasteiger partial charge in [0.25, 0.3) is 0 Å². The monoisotopic (exact) mass is 234 g/mol. The number of nitrogens with one attached hydrogen (secondary N) is 1. The maximum atomic E-state index is 5.57. The third-order valence-electron chi connectivity index (χ3n) is 3.43. The van der Waals surface area contributed by atoms with Crippen LogP contribution in [0.5, 0.6) is 0 Å². The number of nitrogens with two attached hydrogens (primary N) is 1. The molecular weight excluding hydrogens is 212 g/mol. The third kappa shape index (κ3) is 3.98. The van der Waals surface area contributed by atoms with Gasteiger partial charge < -0.3 is 16.0 Å². The zero-order valence-corrected chi connectivity index (χ0v) is 10.3. The van der Waals surface area contributed by atoms with Gasteiger partial charge in [0.15, 0.2) is 0 Å². The number of rotatable bonds is 5. The second kappa shape index (κ2) is 6.57. The number of nitrogens with zero attached hydrogens (tertiary/aromatic N) is 2. The van der Waals surface area contributed by atoms with Crippen LogP contribution in [0.4, 0.5) is 5.69 Å². The van der Waals surface area contributed by atoms with Crippen LogP contribution in [0, 0.1) is 5.92 Å². The van der Waals surface area contributed by atoms with Crippen molar-refractivity contribution in [3.8, 4) is 0 Å². The second-order valence-corrected chi connectivity index (χ2v) is 4.69. The molecule has 1 aromatic heterocycles. The molecular formula is C13H22N4. The van der Waals surface area contributed by atoms with Gasteiger partial charge in [0, 0.05) is 37.7 Å². The number of piperidine rings is 1. The number of likely N-dealkylation sites (tertiary alicyclic amines) is 1. The molecule has 4 nitrogen and oxygen atoms in total. The molecule has 1 aliphatic heterocycles. The molecule has 3 N–H and O–H groups in total. The average molecular weight is 234 g/mol. The fourth-order valence-corrected chi connectivity index (χ4v) is 2.33. The van der Waals surface area contributed by atoms with E-state index in [4.69, 9.17) is 5.73 Å². The Labute approximate surface area is 103 Å². The minimum absolute atomic E-state index is 0.778. The molecule has 0 atom stereocenters. The summed E-state index contributed by atoms with van der Waals surface area (Å²) in [7, 11) is 0. The minimum atomic E-state index is 0.778. The molecule has 0 unspecified atom stereocenters. The van der Waals surface area contributed by atoms with Gasteiger partial charge in [-0.3, -0.25) is 4.98 Å². The van der Waals surface area contributed by atoms with Crippen LogP contribution in [-0.4, -0.2) is 42.6 Å². The van der Waals surface area contributed by atoms with E-state index in [-0.39, 0.29) is 0 Å². The lowest BCUT2D eigenvalue weighted by molar-refractivity contribution is 0.194.